The van der Waals surface area contributed by atoms with E-state index in [0.717, 1.165) is 0 Å². The molecule has 1 aliphatic heterocycles. The molecule has 3 heterocycles. The van der Waals surface area contributed by atoms with Gasteiger partial charge in [-0.1, -0.05) is 6.07 Å². The fourth-order valence-electron chi connectivity index (χ4n) is 3.70. The molecule has 13 heteroatoms. The second-order valence-electron chi connectivity index (χ2n) is 9.32. The number of ether oxygens (including phenoxy) is 3. The first kappa shape index (κ1) is 26.8. The van der Waals surface area contributed by atoms with Gasteiger partial charge in [0.2, 0.25) is 0 Å². The standard InChI is InChI=1S/C22H33F2N7O4/c1-22(2,3)35-21(32)27-17-13-34-12-15(17)11-26-18(14-6-7-16(19(23)24)25-10-14)20-28-29-30-31(20)8-5-9-33-4/h6-7,10,15,17-19,26H,5,8-9,11-13H2,1-4H3,(H,27,32)/t15-,17+,18?/m1/s1. The maximum absolute atomic E-state index is 13.0. The van der Waals surface area contributed by atoms with E-state index in [4.69, 9.17) is 14.2 Å². The van der Waals surface area contributed by atoms with Crippen LogP contribution in [0.2, 0.25) is 0 Å². The predicted octanol–water partition coefficient (Wildman–Crippen LogP) is 2.26. The summed E-state index contributed by atoms with van der Waals surface area (Å²) >= 11 is 0. The number of amides is 1. The van der Waals surface area contributed by atoms with Crippen LogP contribution in [-0.4, -0.2) is 76.4 Å². The molecule has 0 aromatic carbocycles. The Kier molecular flexibility index (Phi) is 9.40. The first-order chi connectivity index (χ1) is 16.7. The van der Waals surface area contributed by atoms with Gasteiger partial charge in [0.15, 0.2) is 5.82 Å². The number of aromatic nitrogens is 5. The van der Waals surface area contributed by atoms with E-state index in [9.17, 15) is 13.6 Å². The summed E-state index contributed by atoms with van der Waals surface area (Å²) in [6.45, 7) is 7.68. The van der Waals surface area contributed by atoms with E-state index in [-0.39, 0.29) is 17.7 Å². The van der Waals surface area contributed by atoms with Crippen molar-refractivity contribution in [1.29, 1.82) is 0 Å². The third kappa shape index (κ3) is 7.87. The van der Waals surface area contributed by atoms with Gasteiger partial charge < -0.3 is 24.8 Å². The molecule has 3 rings (SSSR count). The van der Waals surface area contributed by atoms with Gasteiger partial charge in [0.1, 0.15) is 11.3 Å². The van der Waals surface area contributed by atoms with Crippen LogP contribution >= 0.6 is 0 Å². The van der Waals surface area contributed by atoms with Crippen molar-refractivity contribution in [3.63, 3.8) is 0 Å². The number of carbonyl (C=O) groups excluding carboxylic acids is 1. The lowest BCUT2D eigenvalue weighted by molar-refractivity contribution is 0.0491. The van der Waals surface area contributed by atoms with Crippen molar-refractivity contribution < 1.29 is 27.8 Å². The Labute approximate surface area is 202 Å². The van der Waals surface area contributed by atoms with E-state index in [2.05, 4.69) is 31.1 Å². The van der Waals surface area contributed by atoms with Crippen molar-refractivity contribution in [3.05, 3.63) is 35.4 Å². The van der Waals surface area contributed by atoms with Crippen LogP contribution in [0.4, 0.5) is 13.6 Å². The second-order valence-corrected chi connectivity index (χ2v) is 9.32. The molecule has 2 aromatic heterocycles. The van der Waals surface area contributed by atoms with Crippen molar-refractivity contribution >= 4 is 6.09 Å². The topological polar surface area (TPSA) is 125 Å². The Bertz CT molecular complexity index is 937. The molecule has 1 amide bonds. The summed E-state index contributed by atoms with van der Waals surface area (Å²) in [5.41, 5.74) is -0.287. The number of pyridine rings is 1. The molecule has 2 aromatic rings. The number of nitrogens with one attached hydrogen (secondary N) is 2. The van der Waals surface area contributed by atoms with E-state index >= 15 is 0 Å². The highest BCUT2D eigenvalue weighted by molar-refractivity contribution is 5.68. The summed E-state index contributed by atoms with van der Waals surface area (Å²) in [5, 5.41) is 18.3. The van der Waals surface area contributed by atoms with Gasteiger partial charge in [-0.2, -0.15) is 0 Å². The van der Waals surface area contributed by atoms with E-state index in [0.29, 0.717) is 50.7 Å². The molecule has 11 nitrogen and oxygen atoms in total. The van der Waals surface area contributed by atoms with E-state index < -0.39 is 24.2 Å². The maximum atomic E-state index is 13.0. The summed E-state index contributed by atoms with van der Waals surface area (Å²) in [6, 6.07) is 2.10. The summed E-state index contributed by atoms with van der Waals surface area (Å²) in [6.07, 6.45) is -1.08. The first-order valence-corrected chi connectivity index (χ1v) is 11.5. The van der Waals surface area contributed by atoms with Crippen molar-refractivity contribution in [2.24, 2.45) is 5.92 Å². The van der Waals surface area contributed by atoms with Gasteiger partial charge in [0, 0.05) is 38.9 Å². The van der Waals surface area contributed by atoms with Gasteiger partial charge >= 0.3 is 6.09 Å². The van der Waals surface area contributed by atoms with Crippen LogP contribution in [0.1, 0.15) is 56.7 Å². The molecule has 0 bridgehead atoms. The number of alkyl halides is 2. The number of hydrogen-bond acceptors (Lipinski definition) is 9. The van der Waals surface area contributed by atoms with Gasteiger partial charge in [-0.3, -0.25) is 4.98 Å². The van der Waals surface area contributed by atoms with E-state index in [1.54, 1.807) is 38.6 Å². The average Bonchev–Trinajstić information content (AvgIpc) is 3.43. The number of methoxy groups -OCH3 is 1. The van der Waals surface area contributed by atoms with Gasteiger partial charge in [-0.05, 0) is 49.2 Å². The molecule has 2 N–H and O–H groups in total. The van der Waals surface area contributed by atoms with Gasteiger partial charge in [0.05, 0.1) is 25.3 Å². The van der Waals surface area contributed by atoms with Crippen LogP contribution in [0.5, 0.6) is 0 Å². The fourth-order valence-corrected chi connectivity index (χ4v) is 3.70. The zero-order valence-electron chi connectivity index (χ0n) is 20.4. The molecule has 1 unspecified atom stereocenters. The second kappa shape index (κ2) is 12.3. The normalized spacial score (nSPS) is 19.2. The molecule has 194 valence electrons. The van der Waals surface area contributed by atoms with Crippen LogP contribution in [0.3, 0.4) is 0 Å². The molecule has 0 spiro atoms. The fraction of sp³-hybridized carbons (Fsp3) is 0.682. The predicted molar refractivity (Wildman–Crippen MR) is 121 cm³/mol. The lowest BCUT2D eigenvalue weighted by Gasteiger charge is -2.25. The summed E-state index contributed by atoms with van der Waals surface area (Å²) in [7, 11) is 1.62. The number of halogens is 2. The van der Waals surface area contributed by atoms with Crippen molar-refractivity contribution in [2.45, 2.75) is 57.8 Å². The largest absolute Gasteiger partial charge is 0.444 e. The molecule has 0 radical (unpaired) electrons. The van der Waals surface area contributed by atoms with Crippen LogP contribution in [0, 0.1) is 5.92 Å². The summed E-state index contributed by atoms with van der Waals surface area (Å²) < 4.78 is 43.8. The molecular formula is C22H33F2N7O4. The first-order valence-electron chi connectivity index (χ1n) is 11.5. The summed E-state index contributed by atoms with van der Waals surface area (Å²) in [5.74, 6) is 0.458. The molecule has 1 fully saturated rings. The van der Waals surface area contributed by atoms with Crippen LogP contribution in [-0.2, 0) is 20.8 Å². The quantitative estimate of drug-likeness (QED) is 0.450. The Hall–Kier alpha value is -2.77. The van der Waals surface area contributed by atoms with Crippen LogP contribution in [0.15, 0.2) is 18.3 Å². The number of nitrogens with zero attached hydrogens (tertiary/aromatic N) is 5. The smallest absolute Gasteiger partial charge is 0.407 e. The number of alkyl carbamates (subject to hydrolysis) is 1. The average molecular weight is 498 g/mol. The van der Waals surface area contributed by atoms with Crippen LogP contribution in [0.25, 0.3) is 0 Å². The third-order valence-corrected chi connectivity index (χ3v) is 5.39. The van der Waals surface area contributed by atoms with E-state index in [1.807, 2.05) is 0 Å². The number of carbonyl (C=O) groups is 1. The van der Waals surface area contributed by atoms with Crippen LogP contribution < -0.4 is 10.6 Å². The maximum Gasteiger partial charge on any atom is 0.407 e. The Morgan fingerprint density at radius 2 is 2.11 bits per heavy atom. The third-order valence-electron chi connectivity index (χ3n) is 5.39. The molecular weight excluding hydrogens is 464 g/mol. The molecule has 0 saturated carbocycles. The monoisotopic (exact) mass is 497 g/mol. The number of rotatable bonds is 11. The Balaban J connectivity index is 1.75. The SMILES string of the molecule is COCCCn1nnnc1C(NC[C@@H]1COC[C@@H]1NC(=O)OC(C)(C)C)c1ccc(C(F)F)nc1. The zero-order valence-corrected chi connectivity index (χ0v) is 20.4. The Morgan fingerprint density at radius 3 is 2.77 bits per heavy atom. The van der Waals surface area contributed by atoms with Gasteiger partial charge in [-0.25, -0.2) is 18.3 Å². The van der Waals surface area contributed by atoms with Crippen molar-refractivity contribution in [1.82, 2.24) is 35.8 Å². The number of hydrogen-bond donors (Lipinski definition) is 2. The van der Waals surface area contributed by atoms with Crippen molar-refractivity contribution in [3.8, 4) is 0 Å². The summed E-state index contributed by atoms with van der Waals surface area (Å²) in [4.78, 5) is 16.1. The van der Waals surface area contributed by atoms with Crippen molar-refractivity contribution in [2.75, 3.05) is 33.5 Å². The number of aryl methyl sites for hydroxylation is 1. The highest BCUT2D eigenvalue weighted by atomic mass is 19.3. The minimum absolute atomic E-state index is 0.0591. The number of tetrazole rings is 1. The minimum atomic E-state index is -2.66. The molecule has 1 saturated heterocycles. The van der Waals surface area contributed by atoms with Gasteiger partial charge in [0.25, 0.3) is 6.43 Å². The molecule has 0 aliphatic carbocycles. The highest BCUT2D eigenvalue weighted by Gasteiger charge is 2.32. The van der Waals surface area contributed by atoms with Gasteiger partial charge in [-0.15, -0.1) is 5.10 Å². The molecule has 1 aliphatic rings. The molecule has 35 heavy (non-hydrogen) atoms. The Morgan fingerprint density at radius 1 is 1.31 bits per heavy atom. The lowest BCUT2D eigenvalue weighted by Crippen LogP contribution is -2.45. The molecule has 3 atom stereocenters. The minimum Gasteiger partial charge on any atom is -0.444 e. The lowest BCUT2D eigenvalue weighted by atomic mass is 10.0. The zero-order chi connectivity index (χ0) is 25.4. The van der Waals surface area contributed by atoms with E-state index in [1.165, 1.54) is 12.3 Å². The highest BCUT2D eigenvalue weighted by Crippen LogP contribution is 2.24.